The molecule has 2 aromatic heterocycles. The van der Waals surface area contributed by atoms with Crippen LogP contribution < -0.4 is 10.1 Å². The number of rotatable bonds is 7. The van der Waals surface area contributed by atoms with Gasteiger partial charge in [-0.25, -0.2) is 18.4 Å². The van der Waals surface area contributed by atoms with E-state index in [9.17, 15) is 23.7 Å². The van der Waals surface area contributed by atoms with E-state index in [1.807, 2.05) is 19.1 Å². The monoisotopic (exact) mass is 481 g/mol. The molecule has 4 rings (SSSR count). The quantitative estimate of drug-likeness (QED) is 0.270. The van der Waals surface area contributed by atoms with E-state index in [0.29, 0.717) is 17.1 Å². The highest BCUT2D eigenvalue weighted by Crippen LogP contribution is 2.31. The first-order chi connectivity index (χ1) is 16.6. The predicted molar refractivity (Wildman–Crippen MR) is 125 cm³/mol. The molecule has 0 aliphatic carbocycles. The van der Waals surface area contributed by atoms with Crippen LogP contribution in [0.3, 0.4) is 0 Å². The van der Waals surface area contributed by atoms with Gasteiger partial charge in [0.2, 0.25) is 5.91 Å². The number of alkyl halides is 2. The number of carbonyl (C=O) groups excluding carboxylic acids is 1. The summed E-state index contributed by atoms with van der Waals surface area (Å²) >= 11 is 0. The van der Waals surface area contributed by atoms with Crippen LogP contribution in [0.15, 0.2) is 48.5 Å². The van der Waals surface area contributed by atoms with Crippen molar-refractivity contribution in [2.24, 2.45) is 0 Å². The smallest absolute Gasteiger partial charge is 0.275 e. The third-order valence-corrected chi connectivity index (χ3v) is 5.21. The fraction of sp³-hybridized carbons (Fsp3) is 0.208. The van der Waals surface area contributed by atoms with Gasteiger partial charge in [-0.15, -0.1) is 0 Å². The van der Waals surface area contributed by atoms with Gasteiger partial charge in [-0.05, 0) is 39.0 Å². The van der Waals surface area contributed by atoms with Crippen LogP contribution in [-0.4, -0.2) is 25.6 Å². The minimum absolute atomic E-state index is 0.136. The average Bonchev–Trinajstić information content (AvgIpc) is 3.09. The molecule has 0 aliphatic rings. The Hall–Kier alpha value is -4.41. The molecule has 0 aliphatic heterocycles. The number of nitro groups is 1. The Kier molecular flexibility index (Phi) is 6.41. The van der Waals surface area contributed by atoms with Crippen molar-refractivity contribution >= 4 is 28.3 Å². The summed E-state index contributed by atoms with van der Waals surface area (Å²) in [4.78, 5) is 27.9. The SMILES string of the molecule is Cc1ccc(Oc2cc(NC(=O)Cn3nc(C)c4c(C(F)F)cc(C)nc43)cc([N+](=O)[O-])c2)cc1. The number of nitrogens with zero attached hydrogens (tertiary/aromatic N) is 4. The molecule has 180 valence electrons. The van der Waals surface area contributed by atoms with E-state index in [0.717, 1.165) is 5.56 Å². The highest BCUT2D eigenvalue weighted by atomic mass is 19.3. The number of benzene rings is 2. The average molecular weight is 481 g/mol. The van der Waals surface area contributed by atoms with Crippen molar-refractivity contribution in [3.63, 3.8) is 0 Å². The van der Waals surface area contributed by atoms with Gasteiger partial charge in [-0.3, -0.25) is 14.9 Å². The van der Waals surface area contributed by atoms with Gasteiger partial charge in [-0.1, -0.05) is 17.7 Å². The van der Waals surface area contributed by atoms with Crippen LogP contribution in [0, 0.1) is 30.9 Å². The van der Waals surface area contributed by atoms with Crippen LogP contribution in [0.2, 0.25) is 0 Å². The lowest BCUT2D eigenvalue weighted by molar-refractivity contribution is -0.384. The maximum Gasteiger partial charge on any atom is 0.275 e. The van der Waals surface area contributed by atoms with E-state index in [2.05, 4.69) is 15.4 Å². The van der Waals surface area contributed by atoms with Crippen molar-refractivity contribution in [2.75, 3.05) is 5.32 Å². The van der Waals surface area contributed by atoms with Crippen molar-refractivity contribution in [3.8, 4) is 11.5 Å². The van der Waals surface area contributed by atoms with Crippen molar-refractivity contribution in [2.45, 2.75) is 33.7 Å². The number of amides is 1. The number of nitro benzene ring substituents is 1. The number of non-ortho nitro benzene ring substituents is 1. The molecule has 0 atom stereocenters. The van der Waals surface area contributed by atoms with Gasteiger partial charge in [-0.2, -0.15) is 5.10 Å². The predicted octanol–water partition coefficient (Wildman–Crippen LogP) is 5.63. The van der Waals surface area contributed by atoms with E-state index >= 15 is 0 Å². The molecule has 1 N–H and O–H groups in total. The van der Waals surface area contributed by atoms with Gasteiger partial charge in [0.1, 0.15) is 18.0 Å². The Labute approximate surface area is 198 Å². The van der Waals surface area contributed by atoms with Crippen LogP contribution in [0.1, 0.15) is 28.9 Å². The molecule has 4 aromatic rings. The maximum atomic E-state index is 13.5. The second kappa shape index (κ2) is 9.45. The lowest BCUT2D eigenvalue weighted by Gasteiger charge is -2.10. The highest BCUT2D eigenvalue weighted by molar-refractivity contribution is 5.92. The second-order valence-electron chi connectivity index (χ2n) is 8.03. The van der Waals surface area contributed by atoms with Gasteiger partial charge in [0.15, 0.2) is 5.65 Å². The van der Waals surface area contributed by atoms with Crippen LogP contribution >= 0.6 is 0 Å². The Morgan fingerprint density at radius 2 is 1.83 bits per heavy atom. The van der Waals surface area contributed by atoms with E-state index in [1.165, 1.54) is 28.9 Å². The molecule has 11 heteroatoms. The molecule has 0 saturated heterocycles. The fourth-order valence-electron chi connectivity index (χ4n) is 3.70. The van der Waals surface area contributed by atoms with E-state index < -0.39 is 17.3 Å². The summed E-state index contributed by atoms with van der Waals surface area (Å²) < 4.78 is 34.0. The van der Waals surface area contributed by atoms with Gasteiger partial charge in [0.25, 0.3) is 12.1 Å². The first-order valence-electron chi connectivity index (χ1n) is 10.6. The van der Waals surface area contributed by atoms with Crippen LogP contribution in [0.25, 0.3) is 11.0 Å². The molecular weight excluding hydrogens is 460 g/mol. The summed E-state index contributed by atoms with van der Waals surface area (Å²) in [6.45, 7) is 4.73. The van der Waals surface area contributed by atoms with Crippen LogP contribution in [0.4, 0.5) is 20.2 Å². The Balaban J connectivity index is 1.60. The number of carbonyl (C=O) groups is 1. The number of pyridine rings is 1. The van der Waals surface area contributed by atoms with Crippen molar-refractivity contribution < 1.29 is 23.2 Å². The molecule has 2 aromatic carbocycles. The minimum atomic E-state index is -2.72. The molecule has 35 heavy (non-hydrogen) atoms. The van der Waals surface area contributed by atoms with Gasteiger partial charge < -0.3 is 10.1 Å². The summed E-state index contributed by atoms with van der Waals surface area (Å²) in [5, 5.41) is 18.4. The molecule has 0 spiro atoms. The minimum Gasteiger partial charge on any atom is -0.457 e. The summed E-state index contributed by atoms with van der Waals surface area (Å²) in [6, 6.07) is 12.3. The topological polar surface area (TPSA) is 112 Å². The fourth-order valence-corrected chi connectivity index (χ4v) is 3.70. The number of hydrogen-bond acceptors (Lipinski definition) is 6. The number of hydrogen-bond donors (Lipinski definition) is 1. The Morgan fingerprint density at radius 3 is 2.49 bits per heavy atom. The normalized spacial score (nSPS) is 11.1. The van der Waals surface area contributed by atoms with Crippen molar-refractivity contribution in [3.05, 3.63) is 81.2 Å². The van der Waals surface area contributed by atoms with Crippen molar-refractivity contribution in [1.82, 2.24) is 14.8 Å². The number of nitrogens with one attached hydrogen (secondary N) is 1. The molecule has 0 saturated carbocycles. The molecule has 0 fully saturated rings. The number of ether oxygens (including phenoxy) is 1. The number of halogens is 2. The second-order valence-corrected chi connectivity index (χ2v) is 8.03. The zero-order valence-corrected chi connectivity index (χ0v) is 19.1. The summed E-state index contributed by atoms with van der Waals surface area (Å²) in [5.41, 5.74) is 1.53. The molecule has 0 bridgehead atoms. The highest BCUT2D eigenvalue weighted by Gasteiger charge is 2.21. The van der Waals surface area contributed by atoms with Gasteiger partial charge in [0, 0.05) is 23.4 Å². The Bertz CT molecular complexity index is 1430. The first-order valence-corrected chi connectivity index (χ1v) is 10.6. The zero-order chi connectivity index (χ0) is 25.3. The van der Waals surface area contributed by atoms with Gasteiger partial charge in [0.05, 0.1) is 27.8 Å². The summed E-state index contributed by atoms with van der Waals surface area (Å²) in [7, 11) is 0. The summed E-state index contributed by atoms with van der Waals surface area (Å²) in [6.07, 6.45) is -2.72. The third-order valence-electron chi connectivity index (χ3n) is 5.21. The lowest BCUT2D eigenvalue weighted by atomic mass is 10.1. The zero-order valence-electron chi connectivity index (χ0n) is 19.1. The Morgan fingerprint density at radius 1 is 1.11 bits per heavy atom. The largest absolute Gasteiger partial charge is 0.457 e. The molecule has 2 heterocycles. The number of fused-ring (bicyclic) bond motifs is 1. The molecule has 0 radical (unpaired) electrons. The van der Waals surface area contributed by atoms with E-state index in [4.69, 9.17) is 4.74 Å². The maximum absolute atomic E-state index is 13.5. The van der Waals surface area contributed by atoms with E-state index in [-0.39, 0.29) is 40.3 Å². The van der Waals surface area contributed by atoms with Gasteiger partial charge >= 0.3 is 0 Å². The molecule has 0 unspecified atom stereocenters. The molecule has 1 amide bonds. The first kappa shape index (κ1) is 23.7. The van der Waals surface area contributed by atoms with E-state index in [1.54, 1.807) is 26.0 Å². The van der Waals surface area contributed by atoms with Crippen LogP contribution in [0.5, 0.6) is 11.5 Å². The van der Waals surface area contributed by atoms with Crippen molar-refractivity contribution in [1.29, 1.82) is 0 Å². The molecular formula is C24H21F2N5O4. The third kappa shape index (κ3) is 5.24. The number of aromatic nitrogens is 3. The number of aryl methyl sites for hydroxylation is 3. The number of anilines is 1. The summed E-state index contributed by atoms with van der Waals surface area (Å²) in [5.74, 6) is 0.0684. The standard InChI is InChI=1S/C24H21F2N5O4/c1-13-4-6-18(7-5-13)35-19-10-16(9-17(11-19)31(33)34)28-21(32)12-30-24-22(15(3)29-30)20(23(25)26)8-14(2)27-24/h4-11,23H,12H2,1-3H3,(H,28,32). The lowest BCUT2D eigenvalue weighted by Crippen LogP contribution is -2.20. The van der Waals surface area contributed by atoms with Crippen LogP contribution in [-0.2, 0) is 11.3 Å². The molecule has 9 nitrogen and oxygen atoms in total.